The van der Waals surface area contributed by atoms with Crippen molar-refractivity contribution in [3.05, 3.63) is 29.8 Å². The first-order valence-corrected chi connectivity index (χ1v) is 10.3. The van der Waals surface area contributed by atoms with Crippen molar-refractivity contribution >= 4 is 38.9 Å². The average molecular weight is 402 g/mol. The number of fused-ring (bicyclic) bond motifs is 4. The fourth-order valence-corrected chi connectivity index (χ4v) is 4.16. The number of hydrogen-bond acceptors (Lipinski definition) is 6. The number of ether oxygens (including phenoxy) is 1. The number of H-pyrrole nitrogens is 1. The molecule has 1 fully saturated rings. The zero-order chi connectivity index (χ0) is 20.8. The van der Waals surface area contributed by atoms with E-state index in [1.54, 1.807) is 12.4 Å². The van der Waals surface area contributed by atoms with Crippen molar-refractivity contribution in [1.29, 1.82) is 5.26 Å². The second-order valence-electron chi connectivity index (χ2n) is 7.09. The highest BCUT2D eigenvalue weighted by Crippen LogP contribution is 2.33. The minimum absolute atomic E-state index is 0.0512. The van der Waals surface area contributed by atoms with Crippen molar-refractivity contribution < 1.29 is 4.74 Å². The van der Waals surface area contributed by atoms with Gasteiger partial charge >= 0.3 is 0 Å². The van der Waals surface area contributed by atoms with Gasteiger partial charge in [-0.05, 0) is 32.3 Å². The molecule has 1 N–H and O–H groups in total. The van der Waals surface area contributed by atoms with Crippen LogP contribution >= 0.6 is 0 Å². The number of rotatable bonds is 1. The van der Waals surface area contributed by atoms with E-state index in [1.807, 2.05) is 35.9 Å². The highest BCUT2D eigenvalue weighted by atomic mass is 16.5. The lowest BCUT2D eigenvalue weighted by Crippen LogP contribution is -2.19. The Morgan fingerprint density at radius 2 is 2.03 bits per heavy atom. The molecule has 1 unspecified atom stereocenters. The minimum atomic E-state index is -0.0512. The van der Waals surface area contributed by atoms with Gasteiger partial charge in [0.15, 0.2) is 22.6 Å². The van der Waals surface area contributed by atoms with E-state index in [9.17, 15) is 5.26 Å². The Balaban J connectivity index is 0.000000937. The minimum Gasteiger partial charge on any atom is -0.357 e. The largest absolute Gasteiger partial charge is 0.357 e. The summed E-state index contributed by atoms with van der Waals surface area (Å²) >= 11 is 0. The van der Waals surface area contributed by atoms with E-state index in [-0.39, 0.29) is 6.23 Å². The molecule has 0 saturated carbocycles. The van der Waals surface area contributed by atoms with Gasteiger partial charge in [-0.2, -0.15) is 5.26 Å². The van der Waals surface area contributed by atoms with Crippen LogP contribution in [0.25, 0.3) is 38.9 Å². The SMILES string of the molecule is CC.Cc1ncc2c(C#N)c3nc4[nH]n(C5CCCCO5)c5ccnc(c45)n3c2n1. The summed E-state index contributed by atoms with van der Waals surface area (Å²) in [4.78, 5) is 18.2. The average Bonchev–Trinajstić information content (AvgIpc) is 3.32. The summed E-state index contributed by atoms with van der Waals surface area (Å²) in [5.41, 5.74) is 4.01. The molecule has 5 aromatic heterocycles. The van der Waals surface area contributed by atoms with Gasteiger partial charge in [-0.25, -0.2) is 19.9 Å². The molecule has 1 aliphatic heterocycles. The van der Waals surface area contributed by atoms with E-state index < -0.39 is 0 Å². The zero-order valence-corrected chi connectivity index (χ0v) is 17.2. The van der Waals surface area contributed by atoms with E-state index >= 15 is 0 Å². The van der Waals surface area contributed by atoms with Crippen LogP contribution in [0.4, 0.5) is 0 Å². The Morgan fingerprint density at radius 3 is 2.80 bits per heavy atom. The first-order chi connectivity index (χ1) is 14.8. The number of nitriles is 1. The van der Waals surface area contributed by atoms with Gasteiger partial charge in [0.25, 0.3) is 0 Å². The van der Waals surface area contributed by atoms with Gasteiger partial charge in [-0.15, -0.1) is 0 Å². The van der Waals surface area contributed by atoms with Gasteiger partial charge in [0.2, 0.25) is 0 Å². The molecule has 30 heavy (non-hydrogen) atoms. The van der Waals surface area contributed by atoms with Crippen molar-refractivity contribution in [2.75, 3.05) is 6.61 Å². The summed E-state index contributed by atoms with van der Waals surface area (Å²) in [6.07, 6.45) is 6.56. The molecular formula is C21H22N8O. The maximum absolute atomic E-state index is 9.77. The van der Waals surface area contributed by atoms with Crippen LogP contribution in [0, 0.1) is 18.3 Å². The van der Waals surface area contributed by atoms with Crippen molar-refractivity contribution in [3.63, 3.8) is 0 Å². The standard InChI is InChI=1S/C19H16N8O.C2H6/c1-10-22-9-12-11(8-20)17-24-16-15-13(27(25-16)14-4-2-3-7-28-14)5-6-21-19(15)26(17)18(12)23-10;1-2/h5-6,9,14H,2-4,7H2,1H3,(H,24,25);1-2H3. The third-order valence-corrected chi connectivity index (χ3v) is 5.42. The predicted molar refractivity (Wildman–Crippen MR) is 113 cm³/mol. The second kappa shape index (κ2) is 7.07. The molecule has 1 saturated heterocycles. The summed E-state index contributed by atoms with van der Waals surface area (Å²) in [6.45, 7) is 6.58. The van der Waals surface area contributed by atoms with Crippen LogP contribution in [0.3, 0.4) is 0 Å². The van der Waals surface area contributed by atoms with E-state index in [1.165, 1.54) is 0 Å². The molecule has 6 rings (SSSR count). The summed E-state index contributed by atoms with van der Waals surface area (Å²) in [6, 6.07) is 4.23. The fourth-order valence-electron chi connectivity index (χ4n) is 4.16. The Kier molecular flexibility index (Phi) is 4.37. The number of aromatic amines is 1. The summed E-state index contributed by atoms with van der Waals surface area (Å²) in [5, 5.41) is 14.7. The van der Waals surface area contributed by atoms with Crippen molar-refractivity contribution in [3.8, 4) is 6.07 Å². The first-order valence-electron chi connectivity index (χ1n) is 10.3. The van der Waals surface area contributed by atoms with E-state index in [0.29, 0.717) is 39.4 Å². The van der Waals surface area contributed by atoms with Crippen LogP contribution < -0.4 is 0 Å². The van der Waals surface area contributed by atoms with Gasteiger partial charge < -0.3 is 4.74 Å². The Labute approximate surface area is 172 Å². The smallest absolute Gasteiger partial charge is 0.161 e. The molecule has 0 aromatic carbocycles. The Morgan fingerprint density at radius 1 is 1.17 bits per heavy atom. The second-order valence-corrected chi connectivity index (χ2v) is 7.09. The van der Waals surface area contributed by atoms with Crippen LogP contribution in [-0.2, 0) is 4.74 Å². The van der Waals surface area contributed by atoms with Crippen LogP contribution in [0.2, 0.25) is 0 Å². The monoisotopic (exact) mass is 402 g/mol. The lowest BCUT2D eigenvalue weighted by atomic mass is 10.2. The maximum Gasteiger partial charge on any atom is 0.161 e. The molecular weight excluding hydrogens is 380 g/mol. The number of nitrogens with one attached hydrogen (secondary N) is 1. The van der Waals surface area contributed by atoms with Gasteiger partial charge in [0.05, 0.1) is 16.3 Å². The van der Waals surface area contributed by atoms with Gasteiger partial charge in [-0.3, -0.25) is 14.2 Å². The molecule has 5 aromatic rings. The molecule has 9 heteroatoms. The van der Waals surface area contributed by atoms with Crippen LogP contribution in [0.15, 0.2) is 18.5 Å². The topological polar surface area (TPSA) is 110 Å². The third kappa shape index (κ3) is 2.50. The zero-order valence-electron chi connectivity index (χ0n) is 17.2. The summed E-state index contributed by atoms with van der Waals surface area (Å²) in [5.74, 6) is 0.634. The molecule has 0 spiro atoms. The maximum atomic E-state index is 9.77. The molecule has 0 radical (unpaired) electrons. The number of aromatic nitrogens is 7. The molecule has 0 aliphatic carbocycles. The molecule has 9 nitrogen and oxygen atoms in total. The van der Waals surface area contributed by atoms with Gasteiger partial charge in [0.1, 0.15) is 23.7 Å². The van der Waals surface area contributed by atoms with Crippen molar-refractivity contribution in [1.82, 2.24) is 34.1 Å². The van der Waals surface area contributed by atoms with Crippen LogP contribution in [-0.4, -0.2) is 40.7 Å². The lowest BCUT2D eigenvalue weighted by Gasteiger charge is -2.24. The highest BCUT2D eigenvalue weighted by molar-refractivity contribution is 6.07. The number of nitrogens with zero attached hydrogens (tertiary/aromatic N) is 7. The number of hydrogen-bond donors (Lipinski definition) is 1. The van der Waals surface area contributed by atoms with Gasteiger partial charge in [0, 0.05) is 19.0 Å². The molecule has 152 valence electrons. The molecule has 0 amide bonds. The molecule has 1 atom stereocenters. The van der Waals surface area contributed by atoms with Crippen molar-refractivity contribution in [2.24, 2.45) is 0 Å². The highest BCUT2D eigenvalue weighted by Gasteiger charge is 2.24. The first kappa shape index (κ1) is 18.5. The van der Waals surface area contributed by atoms with E-state index in [0.717, 1.165) is 36.8 Å². The Hall–Kier alpha value is -3.51. The summed E-state index contributed by atoms with van der Waals surface area (Å²) in [7, 11) is 0. The summed E-state index contributed by atoms with van der Waals surface area (Å²) < 4.78 is 9.86. The van der Waals surface area contributed by atoms with Gasteiger partial charge in [-0.1, -0.05) is 13.8 Å². The van der Waals surface area contributed by atoms with E-state index in [4.69, 9.17) is 9.72 Å². The molecule has 0 bridgehead atoms. The van der Waals surface area contributed by atoms with E-state index in [2.05, 4.69) is 26.1 Å². The molecule has 1 aliphatic rings. The predicted octanol–water partition coefficient (Wildman–Crippen LogP) is 4.01. The Bertz CT molecular complexity index is 1430. The molecule has 6 heterocycles. The van der Waals surface area contributed by atoms with Crippen LogP contribution in [0.5, 0.6) is 0 Å². The third-order valence-electron chi connectivity index (χ3n) is 5.42. The number of pyridine rings is 1. The quantitative estimate of drug-likeness (QED) is 0.453. The lowest BCUT2D eigenvalue weighted by molar-refractivity contribution is -0.0363. The van der Waals surface area contributed by atoms with Crippen molar-refractivity contribution in [2.45, 2.75) is 46.3 Å². The van der Waals surface area contributed by atoms with Crippen LogP contribution in [0.1, 0.15) is 50.7 Å². The normalized spacial score (nSPS) is 16.8. The number of aryl methyl sites for hydroxylation is 1. The fraction of sp³-hybridized carbons (Fsp3) is 0.381.